The van der Waals surface area contributed by atoms with Crippen molar-refractivity contribution in [3.05, 3.63) is 66.7 Å². The third kappa shape index (κ3) is 3.85. The van der Waals surface area contributed by atoms with Crippen molar-refractivity contribution in [2.75, 3.05) is 11.9 Å². The highest BCUT2D eigenvalue weighted by molar-refractivity contribution is 7.13. The van der Waals surface area contributed by atoms with E-state index in [0.717, 1.165) is 22.0 Å². The molecule has 0 aliphatic heterocycles. The summed E-state index contributed by atoms with van der Waals surface area (Å²) in [5.41, 5.74) is 3.24. The smallest absolute Gasteiger partial charge is 0.411 e. The molecule has 0 atom stereocenters. The molecule has 0 aliphatic carbocycles. The Hall–Kier alpha value is -2.99. The van der Waals surface area contributed by atoms with Crippen LogP contribution in [0.5, 0.6) is 0 Å². The standard InChI is InChI=1S/C18H15N3O2S/c1-2-10-23-18(22)20-14-7-5-6-13(11-14)16-12-24-17(21-16)15-8-3-4-9-19-15/h2-9,11-12H,1,10H2,(H,20,22). The van der Waals surface area contributed by atoms with Crippen molar-refractivity contribution < 1.29 is 9.53 Å². The Morgan fingerprint density at radius 2 is 2.17 bits per heavy atom. The lowest BCUT2D eigenvalue weighted by Gasteiger charge is -2.06. The maximum Gasteiger partial charge on any atom is 0.411 e. The van der Waals surface area contributed by atoms with Crippen LogP contribution in [0.1, 0.15) is 0 Å². The van der Waals surface area contributed by atoms with Gasteiger partial charge in [-0.15, -0.1) is 11.3 Å². The number of ether oxygens (including phenoxy) is 1. The first-order valence-corrected chi connectivity index (χ1v) is 8.16. The molecule has 0 radical (unpaired) electrons. The van der Waals surface area contributed by atoms with Crippen LogP contribution >= 0.6 is 11.3 Å². The van der Waals surface area contributed by atoms with E-state index < -0.39 is 6.09 Å². The summed E-state index contributed by atoms with van der Waals surface area (Å²) in [4.78, 5) is 20.5. The molecule has 0 unspecified atom stereocenters. The van der Waals surface area contributed by atoms with Crippen LogP contribution in [0.3, 0.4) is 0 Å². The number of nitrogens with one attached hydrogen (secondary N) is 1. The molecule has 2 aromatic heterocycles. The Kier molecular flexibility index (Phi) is 4.98. The molecule has 0 saturated heterocycles. The number of aromatic nitrogens is 2. The summed E-state index contributed by atoms with van der Waals surface area (Å²) >= 11 is 1.53. The highest BCUT2D eigenvalue weighted by Crippen LogP contribution is 2.28. The maximum absolute atomic E-state index is 11.6. The number of carbonyl (C=O) groups excluding carboxylic acids is 1. The van der Waals surface area contributed by atoms with E-state index in [1.165, 1.54) is 17.4 Å². The van der Waals surface area contributed by atoms with E-state index in [1.54, 1.807) is 12.3 Å². The molecule has 0 aliphatic rings. The molecule has 5 nitrogen and oxygen atoms in total. The molecule has 24 heavy (non-hydrogen) atoms. The third-order valence-corrected chi connectivity index (χ3v) is 3.99. The van der Waals surface area contributed by atoms with E-state index in [2.05, 4.69) is 21.9 Å². The summed E-state index contributed by atoms with van der Waals surface area (Å²) in [6.45, 7) is 3.68. The van der Waals surface area contributed by atoms with Gasteiger partial charge in [0.1, 0.15) is 11.6 Å². The van der Waals surface area contributed by atoms with Gasteiger partial charge in [0, 0.05) is 22.8 Å². The Morgan fingerprint density at radius 3 is 2.96 bits per heavy atom. The van der Waals surface area contributed by atoms with Crippen molar-refractivity contribution in [1.29, 1.82) is 0 Å². The Labute approximate surface area is 143 Å². The highest BCUT2D eigenvalue weighted by atomic mass is 32.1. The zero-order chi connectivity index (χ0) is 16.8. The molecule has 2 heterocycles. The number of rotatable bonds is 5. The largest absolute Gasteiger partial charge is 0.445 e. The van der Waals surface area contributed by atoms with Crippen molar-refractivity contribution in [3.63, 3.8) is 0 Å². The van der Waals surface area contributed by atoms with Crippen molar-refractivity contribution in [1.82, 2.24) is 9.97 Å². The van der Waals surface area contributed by atoms with Gasteiger partial charge in [0.2, 0.25) is 0 Å². The Morgan fingerprint density at radius 1 is 1.25 bits per heavy atom. The molecular formula is C18H15N3O2S. The Balaban J connectivity index is 1.78. The minimum absolute atomic E-state index is 0.172. The number of amides is 1. The predicted octanol–water partition coefficient (Wildman–Crippen LogP) is 4.61. The number of benzene rings is 1. The second kappa shape index (κ2) is 7.52. The molecule has 0 spiro atoms. The fraction of sp³-hybridized carbons (Fsp3) is 0.0556. The third-order valence-electron chi connectivity index (χ3n) is 3.13. The molecular weight excluding hydrogens is 322 g/mol. The average molecular weight is 337 g/mol. The number of thiazole rings is 1. The van der Waals surface area contributed by atoms with Gasteiger partial charge < -0.3 is 4.74 Å². The van der Waals surface area contributed by atoms with E-state index in [1.807, 2.05) is 41.8 Å². The van der Waals surface area contributed by atoms with Crippen LogP contribution in [0.25, 0.3) is 22.0 Å². The van der Waals surface area contributed by atoms with Crippen molar-refractivity contribution in [2.45, 2.75) is 0 Å². The lowest BCUT2D eigenvalue weighted by atomic mass is 10.1. The van der Waals surface area contributed by atoms with E-state index in [9.17, 15) is 4.79 Å². The van der Waals surface area contributed by atoms with Crippen molar-refractivity contribution in [2.24, 2.45) is 0 Å². The zero-order valence-corrected chi connectivity index (χ0v) is 13.6. The average Bonchev–Trinajstić information content (AvgIpc) is 3.11. The number of carbonyl (C=O) groups is 1. The fourth-order valence-corrected chi connectivity index (χ4v) is 2.86. The molecule has 1 amide bonds. The monoisotopic (exact) mass is 337 g/mol. The maximum atomic E-state index is 11.6. The lowest BCUT2D eigenvalue weighted by molar-refractivity contribution is 0.174. The van der Waals surface area contributed by atoms with Gasteiger partial charge in [-0.3, -0.25) is 10.3 Å². The second-order valence-electron chi connectivity index (χ2n) is 4.85. The number of hydrogen-bond donors (Lipinski definition) is 1. The van der Waals surface area contributed by atoms with Crippen LogP contribution < -0.4 is 5.32 Å². The van der Waals surface area contributed by atoms with Crippen molar-refractivity contribution >= 4 is 23.1 Å². The van der Waals surface area contributed by atoms with Crippen LogP contribution in [0.4, 0.5) is 10.5 Å². The summed E-state index contributed by atoms with van der Waals surface area (Å²) in [5.74, 6) is 0. The number of hydrogen-bond acceptors (Lipinski definition) is 5. The first-order valence-electron chi connectivity index (χ1n) is 7.28. The topological polar surface area (TPSA) is 64.1 Å². The van der Waals surface area contributed by atoms with Gasteiger partial charge in [-0.1, -0.05) is 30.9 Å². The summed E-state index contributed by atoms with van der Waals surface area (Å²) in [6.07, 6.45) is 2.75. The minimum atomic E-state index is -0.514. The second-order valence-corrected chi connectivity index (χ2v) is 5.70. The van der Waals surface area contributed by atoms with Gasteiger partial charge in [0.15, 0.2) is 0 Å². The lowest BCUT2D eigenvalue weighted by Crippen LogP contribution is -2.13. The van der Waals surface area contributed by atoms with E-state index >= 15 is 0 Å². The first-order chi connectivity index (χ1) is 11.8. The van der Waals surface area contributed by atoms with Gasteiger partial charge >= 0.3 is 6.09 Å². The van der Waals surface area contributed by atoms with Crippen molar-refractivity contribution in [3.8, 4) is 22.0 Å². The summed E-state index contributed by atoms with van der Waals surface area (Å²) in [5, 5.41) is 5.51. The number of pyridine rings is 1. The molecule has 3 rings (SSSR count). The van der Waals surface area contributed by atoms with Crippen LogP contribution in [-0.4, -0.2) is 22.7 Å². The molecule has 120 valence electrons. The van der Waals surface area contributed by atoms with Gasteiger partial charge in [0.25, 0.3) is 0 Å². The normalized spacial score (nSPS) is 10.2. The van der Waals surface area contributed by atoms with E-state index in [4.69, 9.17) is 4.74 Å². The van der Waals surface area contributed by atoms with Crippen LogP contribution in [0, 0.1) is 0 Å². The van der Waals surface area contributed by atoms with E-state index in [0.29, 0.717) is 5.69 Å². The first kappa shape index (κ1) is 15.9. The molecule has 1 N–H and O–H groups in total. The zero-order valence-electron chi connectivity index (χ0n) is 12.8. The van der Waals surface area contributed by atoms with Crippen LogP contribution in [0.15, 0.2) is 66.7 Å². The molecule has 0 fully saturated rings. The number of nitrogens with zero attached hydrogens (tertiary/aromatic N) is 2. The van der Waals surface area contributed by atoms with E-state index in [-0.39, 0.29) is 6.61 Å². The molecule has 6 heteroatoms. The van der Waals surface area contributed by atoms with Gasteiger partial charge in [0.05, 0.1) is 11.4 Å². The number of anilines is 1. The Bertz CT molecular complexity index is 846. The SMILES string of the molecule is C=CCOC(=O)Nc1cccc(-c2csc(-c3ccccn3)n2)c1. The molecule has 1 aromatic carbocycles. The van der Waals surface area contributed by atoms with Crippen LogP contribution in [-0.2, 0) is 4.74 Å². The highest BCUT2D eigenvalue weighted by Gasteiger charge is 2.09. The van der Waals surface area contributed by atoms with Gasteiger partial charge in [-0.25, -0.2) is 9.78 Å². The summed E-state index contributed by atoms with van der Waals surface area (Å²) in [7, 11) is 0. The van der Waals surface area contributed by atoms with Gasteiger partial charge in [-0.2, -0.15) is 0 Å². The predicted molar refractivity (Wildman–Crippen MR) is 95.9 cm³/mol. The van der Waals surface area contributed by atoms with Gasteiger partial charge in [-0.05, 0) is 24.3 Å². The molecule has 0 bridgehead atoms. The minimum Gasteiger partial charge on any atom is -0.445 e. The summed E-state index contributed by atoms with van der Waals surface area (Å²) in [6, 6.07) is 13.2. The molecule has 0 saturated carbocycles. The fourth-order valence-electron chi connectivity index (χ4n) is 2.06. The van der Waals surface area contributed by atoms with Crippen LogP contribution in [0.2, 0.25) is 0 Å². The quantitative estimate of drug-likeness (QED) is 0.691. The molecule has 3 aromatic rings. The summed E-state index contributed by atoms with van der Waals surface area (Å²) < 4.78 is 4.91.